The standard InChI is InChI=1S/C25H35NO.C2H2O4/c1-4-26(5-2)19-9-18-25(27)23-12-7-6-10-21(23)11-8-13-24(25)22-16-14-20(3)15-17-22;3-1(4)2(5)6/h6-7,10,12,14-17,24,27H,4-5,8-9,11,13,18-19H2,1-3H3;(H,3,4)(H,5,6)/t24-,25+;/m1./s1. The van der Waals surface area contributed by atoms with Crippen LogP contribution in [-0.2, 0) is 21.6 Å². The zero-order valence-corrected chi connectivity index (χ0v) is 20.0. The van der Waals surface area contributed by atoms with E-state index in [1.807, 2.05) is 0 Å². The third-order valence-electron chi connectivity index (χ3n) is 6.59. The smallest absolute Gasteiger partial charge is 0.414 e. The molecule has 0 unspecified atom stereocenters. The monoisotopic (exact) mass is 455 g/mol. The predicted molar refractivity (Wildman–Crippen MR) is 129 cm³/mol. The highest BCUT2D eigenvalue weighted by Gasteiger charge is 2.41. The Hall–Kier alpha value is -2.70. The maximum atomic E-state index is 12.1. The van der Waals surface area contributed by atoms with Gasteiger partial charge in [0.05, 0.1) is 5.60 Å². The van der Waals surface area contributed by atoms with Gasteiger partial charge in [-0.25, -0.2) is 9.59 Å². The number of fused-ring (bicyclic) bond motifs is 1. The average Bonchev–Trinajstić information content (AvgIpc) is 2.95. The molecule has 0 fully saturated rings. The number of aliphatic carboxylic acids is 2. The van der Waals surface area contributed by atoms with Crippen LogP contribution in [0.1, 0.15) is 67.7 Å². The lowest BCUT2D eigenvalue weighted by molar-refractivity contribution is -0.159. The van der Waals surface area contributed by atoms with Gasteiger partial charge in [0.1, 0.15) is 0 Å². The highest BCUT2D eigenvalue weighted by atomic mass is 16.4. The first kappa shape index (κ1) is 26.6. The van der Waals surface area contributed by atoms with E-state index in [-0.39, 0.29) is 5.92 Å². The molecule has 33 heavy (non-hydrogen) atoms. The number of hydrogen-bond donors (Lipinski definition) is 3. The molecule has 6 heteroatoms. The van der Waals surface area contributed by atoms with Crippen LogP contribution in [0.25, 0.3) is 0 Å². The minimum absolute atomic E-state index is 0.165. The SMILES string of the molecule is CCN(CC)CCC[C@]1(O)c2ccccc2CCC[C@@H]1c1ccc(C)cc1.O=C(O)C(=O)O. The molecule has 0 aromatic heterocycles. The second-order valence-electron chi connectivity index (χ2n) is 8.68. The molecule has 6 nitrogen and oxygen atoms in total. The Labute approximate surface area is 196 Å². The Morgan fingerprint density at radius 3 is 2.18 bits per heavy atom. The summed E-state index contributed by atoms with van der Waals surface area (Å²) in [5.41, 5.74) is 4.26. The molecular formula is C27H37NO5. The van der Waals surface area contributed by atoms with Gasteiger partial charge in [0.15, 0.2) is 0 Å². The van der Waals surface area contributed by atoms with Crippen LogP contribution in [0.2, 0.25) is 0 Å². The van der Waals surface area contributed by atoms with E-state index in [0.717, 1.165) is 57.3 Å². The fraction of sp³-hybridized carbons (Fsp3) is 0.481. The fourth-order valence-corrected chi connectivity index (χ4v) is 4.75. The average molecular weight is 456 g/mol. The summed E-state index contributed by atoms with van der Waals surface area (Å²) < 4.78 is 0. The van der Waals surface area contributed by atoms with Gasteiger partial charge in [-0.2, -0.15) is 0 Å². The van der Waals surface area contributed by atoms with Gasteiger partial charge in [0, 0.05) is 5.92 Å². The van der Waals surface area contributed by atoms with Crippen molar-refractivity contribution in [1.82, 2.24) is 4.90 Å². The quantitative estimate of drug-likeness (QED) is 0.418. The number of aliphatic hydroxyl groups is 1. The van der Waals surface area contributed by atoms with Gasteiger partial charge in [-0.1, -0.05) is 67.9 Å². The molecule has 3 N–H and O–H groups in total. The van der Waals surface area contributed by atoms with Crippen molar-refractivity contribution < 1.29 is 24.9 Å². The second kappa shape index (κ2) is 12.5. The van der Waals surface area contributed by atoms with E-state index in [2.05, 4.69) is 74.2 Å². The molecule has 3 rings (SSSR count). The first-order valence-electron chi connectivity index (χ1n) is 11.8. The van der Waals surface area contributed by atoms with Crippen LogP contribution in [0, 0.1) is 6.92 Å². The zero-order valence-electron chi connectivity index (χ0n) is 20.0. The molecule has 0 aliphatic heterocycles. The molecule has 180 valence electrons. The molecular weight excluding hydrogens is 418 g/mol. The van der Waals surface area contributed by atoms with Crippen LogP contribution in [0.15, 0.2) is 48.5 Å². The number of carboxylic acids is 2. The summed E-state index contributed by atoms with van der Waals surface area (Å²) in [4.78, 5) is 20.7. The normalized spacial score (nSPS) is 19.7. The number of rotatable bonds is 7. The van der Waals surface area contributed by atoms with E-state index in [9.17, 15) is 5.11 Å². The van der Waals surface area contributed by atoms with Gasteiger partial charge in [0.25, 0.3) is 0 Å². The highest BCUT2D eigenvalue weighted by Crippen LogP contribution is 2.47. The van der Waals surface area contributed by atoms with E-state index < -0.39 is 17.5 Å². The molecule has 1 aliphatic rings. The van der Waals surface area contributed by atoms with Crippen molar-refractivity contribution in [3.05, 3.63) is 70.8 Å². The summed E-state index contributed by atoms with van der Waals surface area (Å²) in [7, 11) is 0. The maximum absolute atomic E-state index is 12.1. The van der Waals surface area contributed by atoms with Crippen LogP contribution < -0.4 is 0 Å². The van der Waals surface area contributed by atoms with Crippen LogP contribution in [0.5, 0.6) is 0 Å². The molecule has 2 aromatic carbocycles. The lowest BCUT2D eigenvalue weighted by atomic mass is 9.73. The van der Waals surface area contributed by atoms with Crippen molar-refractivity contribution >= 4 is 11.9 Å². The van der Waals surface area contributed by atoms with Crippen molar-refractivity contribution in [3.8, 4) is 0 Å². The highest BCUT2D eigenvalue weighted by molar-refractivity contribution is 6.27. The first-order chi connectivity index (χ1) is 15.7. The molecule has 0 heterocycles. The van der Waals surface area contributed by atoms with E-state index >= 15 is 0 Å². The van der Waals surface area contributed by atoms with Gasteiger partial charge < -0.3 is 20.2 Å². The van der Waals surface area contributed by atoms with Crippen molar-refractivity contribution in [2.45, 2.75) is 64.4 Å². The zero-order chi connectivity index (χ0) is 24.4. The van der Waals surface area contributed by atoms with Crippen LogP contribution in [-0.4, -0.2) is 51.8 Å². The fourth-order valence-electron chi connectivity index (χ4n) is 4.75. The molecule has 0 saturated heterocycles. The molecule has 0 amide bonds. The largest absolute Gasteiger partial charge is 0.473 e. The van der Waals surface area contributed by atoms with Gasteiger partial charge in [-0.05, 0) is 75.4 Å². The number of hydrogen-bond acceptors (Lipinski definition) is 4. The Morgan fingerprint density at radius 1 is 1.00 bits per heavy atom. The van der Waals surface area contributed by atoms with E-state index in [1.165, 1.54) is 16.7 Å². The van der Waals surface area contributed by atoms with Crippen LogP contribution in [0.3, 0.4) is 0 Å². The lowest BCUT2D eigenvalue weighted by Gasteiger charge is -2.37. The molecule has 0 saturated carbocycles. The molecule has 0 radical (unpaired) electrons. The maximum Gasteiger partial charge on any atom is 0.414 e. The summed E-state index contributed by atoms with van der Waals surface area (Å²) in [5, 5.41) is 26.9. The number of benzene rings is 2. The van der Waals surface area contributed by atoms with Crippen LogP contribution >= 0.6 is 0 Å². The lowest BCUT2D eigenvalue weighted by Crippen LogP contribution is -2.35. The Kier molecular flexibility index (Phi) is 10.1. The van der Waals surface area contributed by atoms with E-state index in [1.54, 1.807) is 0 Å². The topological polar surface area (TPSA) is 98.1 Å². The number of nitrogens with zero attached hydrogens (tertiary/aromatic N) is 1. The third kappa shape index (κ3) is 7.14. The molecule has 2 aromatic rings. The summed E-state index contributed by atoms with van der Waals surface area (Å²) in [5.74, 6) is -3.48. The van der Waals surface area contributed by atoms with Gasteiger partial charge >= 0.3 is 11.9 Å². The van der Waals surface area contributed by atoms with Crippen molar-refractivity contribution in [1.29, 1.82) is 0 Å². The van der Waals surface area contributed by atoms with Crippen LogP contribution in [0.4, 0.5) is 0 Å². The Morgan fingerprint density at radius 2 is 1.61 bits per heavy atom. The molecule has 0 spiro atoms. The van der Waals surface area contributed by atoms with Gasteiger partial charge in [-0.3, -0.25) is 0 Å². The number of carbonyl (C=O) groups is 2. The molecule has 0 bridgehead atoms. The first-order valence-corrected chi connectivity index (χ1v) is 11.8. The minimum Gasteiger partial charge on any atom is -0.473 e. The minimum atomic E-state index is -1.82. The van der Waals surface area contributed by atoms with Crippen molar-refractivity contribution in [2.24, 2.45) is 0 Å². The van der Waals surface area contributed by atoms with Crippen molar-refractivity contribution in [2.75, 3.05) is 19.6 Å². The summed E-state index contributed by atoms with van der Waals surface area (Å²) in [6, 6.07) is 17.4. The van der Waals surface area contributed by atoms with E-state index in [4.69, 9.17) is 19.8 Å². The Balaban J connectivity index is 0.000000569. The second-order valence-corrected chi connectivity index (χ2v) is 8.68. The predicted octanol–water partition coefficient (Wildman–Crippen LogP) is 4.58. The number of aryl methyl sites for hydroxylation is 2. The van der Waals surface area contributed by atoms with Crippen molar-refractivity contribution in [3.63, 3.8) is 0 Å². The van der Waals surface area contributed by atoms with Gasteiger partial charge in [0.2, 0.25) is 0 Å². The molecule has 2 atom stereocenters. The summed E-state index contributed by atoms with van der Waals surface area (Å²) >= 11 is 0. The van der Waals surface area contributed by atoms with Gasteiger partial charge in [-0.15, -0.1) is 0 Å². The third-order valence-corrected chi connectivity index (χ3v) is 6.59. The summed E-state index contributed by atoms with van der Waals surface area (Å²) in [6.07, 6.45) is 5.08. The number of carboxylic acid groups (broad SMARTS) is 2. The molecule has 1 aliphatic carbocycles. The summed E-state index contributed by atoms with van der Waals surface area (Å²) in [6.45, 7) is 9.77. The Bertz CT molecular complexity index is 895. The van der Waals surface area contributed by atoms with E-state index in [0.29, 0.717) is 0 Å².